The highest BCUT2D eigenvalue weighted by atomic mass is 32.2. The molecule has 0 spiro atoms. The SMILES string of the molecule is CCOC(=O)/C(CC(=O)O)=C(\c1ccc(F)cc1)c1ccc(S(C)(=O)=O)cc1. The number of carboxylic acid groups (broad SMARTS) is 1. The van der Waals surface area contributed by atoms with E-state index in [4.69, 9.17) is 4.74 Å². The van der Waals surface area contributed by atoms with E-state index in [-0.39, 0.29) is 22.6 Å². The molecule has 0 radical (unpaired) electrons. The maximum Gasteiger partial charge on any atom is 0.335 e. The Hall–Kier alpha value is -3.00. The van der Waals surface area contributed by atoms with Crippen molar-refractivity contribution in [2.45, 2.75) is 18.2 Å². The maximum absolute atomic E-state index is 13.4. The van der Waals surface area contributed by atoms with Crippen molar-refractivity contribution in [2.75, 3.05) is 12.9 Å². The van der Waals surface area contributed by atoms with Crippen LogP contribution in [0, 0.1) is 5.82 Å². The summed E-state index contributed by atoms with van der Waals surface area (Å²) in [4.78, 5) is 23.9. The van der Waals surface area contributed by atoms with E-state index >= 15 is 0 Å². The van der Waals surface area contributed by atoms with Gasteiger partial charge in [0, 0.05) is 6.26 Å². The highest BCUT2D eigenvalue weighted by Crippen LogP contribution is 2.30. The van der Waals surface area contributed by atoms with E-state index in [2.05, 4.69) is 0 Å². The second-order valence-electron chi connectivity index (χ2n) is 5.95. The van der Waals surface area contributed by atoms with Crippen LogP contribution in [-0.2, 0) is 24.2 Å². The van der Waals surface area contributed by atoms with Crippen LogP contribution in [0.1, 0.15) is 24.5 Å². The van der Waals surface area contributed by atoms with Crippen molar-refractivity contribution in [3.63, 3.8) is 0 Å². The number of carbonyl (C=O) groups excluding carboxylic acids is 1. The van der Waals surface area contributed by atoms with Gasteiger partial charge in [-0.25, -0.2) is 17.6 Å². The third kappa shape index (κ3) is 5.26. The first-order valence-electron chi connectivity index (χ1n) is 8.32. The van der Waals surface area contributed by atoms with Crippen molar-refractivity contribution in [3.05, 3.63) is 71.0 Å². The quantitative estimate of drug-likeness (QED) is 0.561. The molecule has 0 saturated carbocycles. The summed E-state index contributed by atoms with van der Waals surface area (Å²) in [5.74, 6) is -2.54. The standard InChI is InChI=1S/C20H19FO6S/c1-3-27-20(24)17(12-18(22)23)19(13-4-8-15(21)9-5-13)14-6-10-16(11-7-14)28(2,25)26/h4-11H,3,12H2,1-2H3,(H,22,23)/b19-17+. The van der Waals surface area contributed by atoms with E-state index < -0.39 is 34.0 Å². The molecule has 0 fully saturated rings. The molecule has 0 atom stereocenters. The Morgan fingerprint density at radius 2 is 1.50 bits per heavy atom. The Kier molecular flexibility index (Phi) is 6.69. The number of rotatable bonds is 7. The molecule has 0 amide bonds. The molecule has 2 aromatic rings. The maximum atomic E-state index is 13.4. The van der Waals surface area contributed by atoms with Gasteiger partial charge >= 0.3 is 11.9 Å². The second kappa shape index (κ2) is 8.79. The zero-order chi connectivity index (χ0) is 20.9. The normalized spacial score (nSPS) is 12.2. The van der Waals surface area contributed by atoms with Crippen molar-refractivity contribution in [1.82, 2.24) is 0 Å². The van der Waals surface area contributed by atoms with E-state index in [1.807, 2.05) is 0 Å². The average molecular weight is 406 g/mol. The molecule has 1 N–H and O–H groups in total. The lowest BCUT2D eigenvalue weighted by molar-refractivity contribution is -0.142. The molecule has 2 rings (SSSR count). The molecular weight excluding hydrogens is 387 g/mol. The Morgan fingerprint density at radius 3 is 1.93 bits per heavy atom. The van der Waals surface area contributed by atoms with Gasteiger partial charge in [-0.3, -0.25) is 4.79 Å². The zero-order valence-electron chi connectivity index (χ0n) is 15.3. The lowest BCUT2D eigenvalue weighted by atomic mass is 9.91. The predicted molar refractivity (Wildman–Crippen MR) is 101 cm³/mol. The van der Waals surface area contributed by atoms with Crippen molar-refractivity contribution in [2.24, 2.45) is 0 Å². The summed E-state index contributed by atoms with van der Waals surface area (Å²) in [5.41, 5.74) is 0.926. The summed E-state index contributed by atoms with van der Waals surface area (Å²) in [6, 6.07) is 10.8. The van der Waals surface area contributed by atoms with E-state index in [0.717, 1.165) is 6.26 Å². The molecule has 0 aliphatic heterocycles. The number of benzene rings is 2. The topological polar surface area (TPSA) is 97.7 Å². The summed E-state index contributed by atoms with van der Waals surface area (Å²) in [7, 11) is -3.43. The minimum atomic E-state index is -3.43. The number of sulfone groups is 1. The van der Waals surface area contributed by atoms with Crippen LogP contribution in [0.4, 0.5) is 4.39 Å². The Morgan fingerprint density at radius 1 is 1.00 bits per heavy atom. The molecule has 0 aliphatic carbocycles. The fourth-order valence-electron chi connectivity index (χ4n) is 2.63. The van der Waals surface area contributed by atoms with Crippen molar-refractivity contribution < 1.29 is 32.2 Å². The number of halogens is 1. The van der Waals surface area contributed by atoms with Gasteiger partial charge in [0.1, 0.15) is 5.82 Å². The van der Waals surface area contributed by atoms with Crippen LogP contribution in [0.5, 0.6) is 0 Å². The van der Waals surface area contributed by atoms with E-state index in [1.165, 1.54) is 48.5 Å². The molecule has 0 saturated heterocycles. The summed E-state index contributed by atoms with van der Waals surface area (Å²) < 4.78 is 41.7. The average Bonchev–Trinajstić information content (AvgIpc) is 2.62. The minimum absolute atomic E-state index is 0.0473. The number of hydrogen-bond acceptors (Lipinski definition) is 5. The predicted octanol–water partition coefficient (Wildman–Crippen LogP) is 3.07. The number of hydrogen-bond donors (Lipinski definition) is 1. The lowest BCUT2D eigenvalue weighted by Gasteiger charge is -2.15. The molecule has 0 aliphatic rings. The third-order valence-electron chi connectivity index (χ3n) is 3.86. The zero-order valence-corrected chi connectivity index (χ0v) is 16.1. The molecule has 0 unspecified atom stereocenters. The lowest BCUT2D eigenvalue weighted by Crippen LogP contribution is -2.14. The fourth-order valence-corrected chi connectivity index (χ4v) is 3.26. The van der Waals surface area contributed by atoms with E-state index in [9.17, 15) is 27.5 Å². The van der Waals surface area contributed by atoms with Crippen LogP contribution in [0.3, 0.4) is 0 Å². The van der Waals surface area contributed by atoms with E-state index in [1.54, 1.807) is 6.92 Å². The molecule has 0 heterocycles. The van der Waals surface area contributed by atoms with Crippen molar-refractivity contribution in [1.29, 1.82) is 0 Å². The highest BCUT2D eigenvalue weighted by Gasteiger charge is 2.22. The van der Waals surface area contributed by atoms with Gasteiger partial charge in [0.15, 0.2) is 9.84 Å². The first kappa shape index (κ1) is 21.3. The summed E-state index contributed by atoms with van der Waals surface area (Å²) in [6.45, 7) is 1.64. The Labute approximate surface area is 162 Å². The van der Waals surface area contributed by atoms with Crippen molar-refractivity contribution >= 4 is 27.3 Å². The van der Waals surface area contributed by atoms with Crippen LogP contribution in [0.2, 0.25) is 0 Å². The van der Waals surface area contributed by atoms with E-state index in [0.29, 0.717) is 11.1 Å². The first-order valence-corrected chi connectivity index (χ1v) is 10.2. The van der Waals surface area contributed by atoms with Crippen LogP contribution in [-0.4, -0.2) is 38.3 Å². The van der Waals surface area contributed by atoms with Gasteiger partial charge < -0.3 is 9.84 Å². The number of ether oxygens (including phenoxy) is 1. The van der Waals surface area contributed by atoms with Crippen LogP contribution in [0.25, 0.3) is 5.57 Å². The molecule has 148 valence electrons. The van der Waals surface area contributed by atoms with Crippen molar-refractivity contribution in [3.8, 4) is 0 Å². The number of esters is 1. The number of carboxylic acids is 1. The monoisotopic (exact) mass is 406 g/mol. The summed E-state index contributed by atoms with van der Waals surface area (Å²) in [5, 5.41) is 9.26. The molecule has 28 heavy (non-hydrogen) atoms. The third-order valence-corrected chi connectivity index (χ3v) is 4.98. The molecule has 6 nitrogen and oxygen atoms in total. The largest absolute Gasteiger partial charge is 0.481 e. The van der Waals surface area contributed by atoms with Crippen LogP contribution < -0.4 is 0 Å². The molecule has 8 heteroatoms. The summed E-state index contributed by atoms with van der Waals surface area (Å²) >= 11 is 0. The molecular formula is C20H19FO6S. The number of aliphatic carboxylic acids is 1. The number of carbonyl (C=O) groups is 2. The highest BCUT2D eigenvalue weighted by molar-refractivity contribution is 7.90. The molecule has 2 aromatic carbocycles. The van der Waals surface area contributed by atoms with Gasteiger partial charge in [-0.15, -0.1) is 0 Å². The molecule has 0 aromatic heterocycles. The van der Waals surface area contributed by atoms with Gasteiger partial charge in [0.05, 0.1) is 23.5 Å². The smallest absolute Gasteiger partial charge is 0.335 e. The van der Waals surface area contributed by atoms with Gasteiger partial charge in [-0.1, -0.05) is 24.3 Å². The van der Waals surface area contributed by atoms with Crippen LogP contribution >= 0.6 is 0 Å². The van der Waals surface area contributed by atoms with Gasteiger partial charge in [-0.2, -0.15) is 0 Å². The molecule has 0 bridgehead atoms. The van der Waals surface area contributed by atoms with Gasteiger partial charge in [-0.05, 0) is 47.9 Å². The summed E-state index contributed by atoms with van der Waals surface area (Å²) in [6.07, 6.45) is 0.451. The van der Waals surface area contributed by atoms with Gasteiger partial charge in [0.2, 0.25) is 0 Å². The van der Waals surface area contributed by atoms with Crippen LogP contribution in [0.15, 0.2) is 59.0 Å². The fraction of sp³-hybridized carbons (Fsp3) is 0.200. The Bertz CT molecular complexity index is 1010. The Balaban J connectivity index is 2.75. The first-order chi connectivity index (χ1) is 13.1. The minimum Gasteiger partial charge on any atom is -0.481 e. The van der Waals surface area contributed by atoms with Gasteiger partial charge in [0.25, 0.3) is 0 Å². The second-order valence-corrected chi connectivity index (χ2v) is 7.96.